The van der Waals surface area contributed by atoms with E-state index in [-0.39, 0.29) is 36.7 Å². The van der Waals surface area contributed by atoms with Crippen LogP contribution in [-0.2, 0) is 11.3 Å². The maximum atomic E-state index is 10.9. The van der Waals surface area contributed by atoms with Crippen LogP contribution in [0.4, 0.5) is 0 Å². The molecule has 0 saturated carbocycles. The molecule has 0 aliphatic heterocycles. The number of primary amides is 1. The van der Waals surface area contributed by atoms with E-state index in [4.69, 9.17) is 15.2 Å². The predicted octanol–water partition coefficient (Wildman–Crippen LogP) is 3.00. The van der Waals surface area contributed by atoms with Gasteiger partial charge in [0.1, 0.15) is 17.6 Å². The molecule has 0 bridgehead atoms. The van der Waals surface area contributed by atoms with E-state index in [0.29, 0.717) is 24.8 Å². The summed E-state index contributed by atoms with van der Waals surface area (Å²) in [6.45, 7) is 7.76. The molecular formula is C22H31IN4O3. The number of hydrogen-bond acceptors (Lipinski definition) is 4. The van der Waals surface area contributed by atoms with Gasteiger partial charge in [-0.15, -0.1) is 24.0 Å². The summed E-state index contributed by atoms with van der Waals surface area (Å²) in [5.41, 5.74) is 7.24. The van der Waals surface area contributed by atoms with Crippen molar-refractivity contribution in [3.63, 3.8) is 0 Å². The molecule has 30 heavy (non-hydrogen) atoms. The highest BCUT2D eigenvalue weighted by Gasteiger charge is 2.06. The second-order valence-electron chi connectivity index (χ2n) is 6.72. The number of carbonyl (C=O) groups is 1. The van der Waals surface area contributed by atoms with E-state index in [1.165, 1.54) is 5.56 Å². The summed E-state index contributed by atoms with van der Waals surface area (Å²) in [5.74, 6) is 1.65. The maximum absolute atomic E-state index is 10.9. The van der Waals surface area contributed by atoms with Gasteiger partial charge >= 0.3 is 0 Å². The van der Waals surface area contributed by atoms with Crippen molar-refractivity contribution in [3.8, 4) is 11.5 Å². The first-order valence-electron chi connectivity index (χ1n) is 9.71. The van der Waals surface area contributed by atoms with Crippen molar-refractivity contribution in [1.82, 2.24) is 10.6 Å². The number of halogens is 1. The highest BCUT2D eigenvalue weighted by molar-refractivity contribution is 14.0. The lowest BCUT2D eigenvalue weighted by Gasteiger charge is -2.18. The molecule has 2 rings (SSSR count). The molecule has 1 atom stereocenters. The Labute approximate surface area is 195 Å². The van der Waals surface area contributed by atoms with Crippen molar-refractivity contribution < 1.29 is 14.3 Å². The Kier molecular flexibility index (Phi) is 11.7. The number of benzene rings is 2. The second-order valence-corrected chi connectivity index (χ2v) is 6.72. The highest BCUT2D eigenvalue weighted by atomic mass is 127. The van der Waals surface area contributed by atoms with Crippen molar-refractivity contribution in [2.75, 3.05) is 19.7 Å². The van der Waals surface area contributed by atoms with Crippen LogP contribution in [0.25, 0.3) is 0 Å². The van der Waals surface area contributed by atoms with Crippen LogP contribution in [0.15, 0.2) is 53.5 Å². The molecule has 0 aliphatic rings. The number of aryl methyl sites for hydroxylation is 1. The molecule has 2 aromatic rings. The van der Waals surface area contributed by atoms with Crippen LogP contribution >= 0.6 is 24.0 Å². The average Bonchev–Trinajstić information content (AvgIpc) is 2.69. The summed E-state index contributed by atoms with van der Waals surface area (Å²) in [6, 6.07) is 15.4. The monoisotopic (exact) mass is 526 g/mol. The molecule has 8 heteroatoms. The molecule has 2 aromatic carbocycles. The largest absolute Gasteiger partial charge is 0.489 e. The molecule has 164 valence electrons. The number of hydrogen-bond donors (Lipinski definition) is 3. The Morgan fingerprint density at radius 3 is 2.57 bits per heavy atom. The van der Waals surface area contributed by atoms with E-state index in [2.05, 4.69) is 15.6 Å². The number of nitrogens with zero attached hydrogens (tertiary/aromatic N) is 1. The number of nitrogens with one attached hydrogen (secondary N) is 2. The van der Waals surface area contributed by atoms with Gasteiger partial charge in [0.25, 0.3) is 5.91 Å². The zero-order valence-corrected chi connectivity index (χ0v) is 20.0. The van der Waals surface area contributed by atoms with E-state index in [1.807, 2.05) is 63.2 Å². The van der Waals surface area contributed by atoms with Crippen LogP contribution in [0.2, 0.25) is 0 Å². The standard InChI is InChI=1S/C22H30N4O3.HI/c1-4-24-22(25-13-17(3)29-20-10-5-7-16(2)11-20)26-14-18-8-6-9-19(12-18)28-15-21(23)27;/h5-12,17H,4,13-15H2,1-3H3,(H2,23,27)(H2,24,25,26);1H. The molecular weight excluding hydrogens is 495 g/mol. The Morgan fingerprint density at radius 1 is 1.13 bits per heavy atom. The third-order valence-electron chi connectivity index (χ3n) is 3.93. The summed E-state index contributed by atoms with van der Waals surface area (Å²) in [4.78, 5) is 15.5. The van der Waals surface area contributed by atoms with Crippen LogP contribution < -0.4 is 25.8 Å². The number of amides is 1. The number of aliphatic imine (C=N–C) groups is 1. The Hall–Kier alpha value is -2.49. The highest BCUT2D eigenvalue weighted by Crippen LogP contribution is 2.15. The van der Waals surface area contributed by atoms with Crippen LogP contribution in [0, 0.1) is 6.92 Å². The number of nitrogens with two attached hydrogens (primary N) is 1. The van der Waals surface area contributed by atoms with E-state index >= 15 is 0 Å². The molecule has 4 N–H and O–H groups in total. The second kappa shape index (κ2) is 13.7. The number of rotatable bonds is 10. The van der Waals surface area contributed by atoms with E-state index in [0.717, 1.165) is 17.9 Å². The van der Waals surface area contributed by atoms with Crippen LogP contribution in [-0.4, -0.2) is 37.7 Å². The minimum absolute atomic E-state index is 0. The van der Waals surface area contributed by atoms with Gasteiger partial charge in [-0.1, -0.05) is 24.3 Å². The smallest absolute Gasteiger partial charge is 0.255 e. The molecule has 1 unspecified atom stereocenters. The zero-order chi connectivity index (χ0) is 21.1. The average molecular weight is 526 g/mol. The lowest BCUT2D eigenvalue weighted by molar-refractivity contribution is -0.119. The first-order chi connectivity index (χ1) is 14.0. The summed E-state index contributed by atoms with van der Waals surface area (Å²) in [7, 11) is 0. The SMILES string of the molecule is CCNC(=NCc1cccc(OCC(N)=O)c1)NCC(C)Oc1cccc(C)c1.I. The van der Waals surface area contributed by atoms with Crippen molar-refractivity contribution in [3.05, 3.63) is 59.7 Å². The minimum atomic E-state index is -0.506. The topological polar surface area (TPSA) is 98.0 Å². The van der Waals surface area contributed by atoms with Gasteiger partial charge in [-0.25, -0.2) is 4.99 Å². The molecule has 0 radical (unpaired) electrons. The normalized spacial score (nSPS) is 11.8. The molecule has 0 heterocycles. The quantitative estimate of drug-likeness (QED) is 0.251. The van der Waals surface area contributed by atoms with Gasteiger partial charge in [-0.2, -0.15) is 0 Å². The van der Waals surface area contributed by atoms with Gasteiger partial charge in [0, 0.05) is 6.54 Å². The van der Waals surface area contributed by atoms with E-state index < -0.39 is 5.91 Å². The first kappa shape index (κ1) is 25.5. The van der Waals surface area contributed by atoms with Crippen molar-refractivity contribution in [2.45, 2.75) is 33.4 Å². The molecule has 0 aliphatic carbocycles. The molecule has 0 aromatic heterocycles. The van der Waals surface area contributed by atoms with Crippen LogP contribution in [0.3, 0.4) is 0 Å². The molecule has 7 nitrogen and oxygen atoms in total. The molecule has 0 saturated heterocycles. The van der Waals surface area contributed by atoms with Crippen molar-refractivity contribution in [2.24, 2.45) is 10.7 Å². The molecule has 0 fully saturated rings. The summed E-state index contributed by atoms with van der Waals surface area (Å²) in [5, 5.41) is 6.53. The van der Waals surface area contributed by atoms with Crippen LogP contribution in [0.5, 0.6) is 11.5 Å². The Bertz CT molecular complexity index is 830. The lowest BCUT2D eigenvalue weighted by Crippen LogP contribution is -2.41. The number of ether oxygens (including phenoxy) is 2. The fourth-order valence-corrected chi connectivity index (χ4v) is 2.60. The lowest BCUT2D eigenvalue weighted by atomic mass is 10.2. The Balaban J connectivity index is 0.00000450. The fraction of sp³-hybridized carbons (Fsp3) is 0.364. The number of carbonyl (C=O) groups excluding carboxylic acids is 1. The predicted molar refractivity (Wildman–Crippen MR) is 131 cm³/mol. The van der Waals surface area contributed by atoms with Gasteiger partial charge in [-0.3, -0.25) is 4.79 Å². The molecule has 1 amide bonds. The van der Waals surface area contributed by atoms with Gasteiger partial charge in [0.05, 0.1) is 13.1 Å². The molecule has 0 spiro atoms. The first-order valence-corrected chi connectivity index (χ1v) is 9.71. The summed E-state index contributed by atoms with van der Waals surface area (Å²) >= 11 is 0. The third-order valence-corrected chi connectivity index (χ3v) is 3.93. The van der Waals surface area contributed by atoms with Crippen LogP contribution in [0.1, 0.15) is 25.0 Å². The number of guanidine groups is 1. The summed E-state index contributed by atoms with van der Waals surface area (Å²) in [6.07, 6.45) is -0.0221. The van der Waals surface area contributed by atoms with E-state index in [9.17, 15) is 4.79 Å². The van der Waals surface area contributed by atoms with Gasteiger partial charge in [-0.05, 0) is 56.2 Å². The third kappa shape index (κ3) is 9.82. The zero-order valence-electron chi connectivity index (χ0n) is 17.7. The van der Waals surface area contributed by atoms with E-state index in [1.54, 1.807) is 6.07 Å². The minimum Gasteiger partial charge on any atom is -0.489 e. The van der Waals surface area contributed by atoms with Crippen molar-refractivity contribution >= 4 is 35.8 Å². The Morgan fingerprint density at radius 2 is 1.87 bits per heavy atom. The maximum Gasteiger partial charge on any atom is 0.255 e. The van der Waals surface area contributed by atoms with Crippen molar-refractivity contribution in [1.29, 1.82) is 0 Å². The van der Waals surface area contributed by atoms with Gasteiger partial charge < -0.3 is 25.8 Å². The summed E-state index contributed by atoms with van der Waals surface area (Å²) < 4.78 is 11.3. The fourth-order valence-electron chi connectivity index (χ4n) is 2.60. The van der Waals surface area contributed by atoms with Gasteiger partial charge in [0.15, 0.2) is 12.6 Å². The van der Waals surface area contributed by atoms with Gasteiger partial charge in [0.2, 0.25) is 0 Å².